The van der Waals surface area contributed by atoms with E-state index < -0.39 is 0 Å². The molecule has 0 radical (unpaired) electrons. The van der Waals surface area contributed by atoms with Crippen LogP contribution in [0.4, 0.5) is 0 Å². The standard InChI is InChI=1S/C33H42O/c1-3-11-27(32-21-19-28-12-8-9-17-31(28)32)13-10-16-30(34)20-18-26-22-24-33(4-2,25-23-26)29-14-6-5-7-15-29/h5-9,11-12,14-15,17,21,26H,3-4,10,13,16,18-20,22-25H2,1-2H3/b27-11+. The Labute approximate surface area is 207 Å². The van der Waals surface area contributed by atoms with Gasteiger partial charge in [0, 0.05) is 12.8 Å². The lowest BCUT2D eigenvalue weighted by Gasteiger charge is -2.40. The van der Waals surface area contributed by atoms with Crippen LogP contribution in [-0.4, -0.2) is 5.78 Å². The monoisotopic (exact) mass is 454 g/mol. The van der Waals surface area contributed by atoms with Crippen molar-refractivity contribution in [2.75, 3.05) is 0 Å². The molecule has 0 aliphatic heterocycles. The predicted octanol–water partition coefficient (Wildman–Crippen LogP) is 9.02. The molecule has 1 saturated carbocycles. The van der Waals surface area contributed by atoms with Gasteiger partial charge in [0.25, 0.3) is 0 Å². The lowest BCUT2D eigenvalue weighted by atomic mass is 9.64. The van der Waals surface area contributed by atoms with E-state index in [0.717, 1.165) is 50.9 Å². The second kappa shape index (κ2) is 11.8. The normalized spacial score (nSPS) is 22.4. The van der Waals surface area contributed by atoms with Crippen LogP contribution in [0.1, 0.15) is 101 Å². The Morgan fingerprint density at radius 2 is 1.68 bits per heavy atom. The third kappa shape index (κ3) is 5.80. The topological polar surface area (TPSA) is 17.1 Å². The van der Waals surface area contributed by atoms with Crippen molar-refractivity contribution in [3.63, 3.8) is 0 Å². The highest BCUT2D eigenvalue weighted by Crippen LogP contribution is 2.45. The van der Waals surface area contributed by atoms with Crippen LogP contribution in [0.15, 0.2) is 72.3 Å². The lowest BCUT2D eigenvalue weighted by Crippen LogP contribution is -2.31. The van der Waals surface area contributed by atoms with Gasteiger partial charge in [0.15, 0.2) is 0 Å². The van der Waals surface area contributed by atoms with Gasteiger partial charge in [0.05, 0.1) is 0 Å². The quantitative estimate of drug-likeness (QED) is 0.331. The molecule has 0 aromatic heterocycles. The number of hydrogen-bond acceptors (Lipinski definition) is 1. The van der Waals surface area contributed by atoms with Crippen molar-refractivity contribution in [1.82, 2.24) is 0 Å². The largest absolute Gasteiger partial charge is 0.300 e. The summed E-state index contributed by atoms with van der Waals surface area (Å²) < 4.78 is 0. The molecule has 0 saturated heterocycles. The van der Waals surface area contributed by atoms with Gasteiger partial charge in [-0.05, 0) is 103 Å². The Bertz CT molecular complexity index is 1000. The van der Waals surface area contributed by atoms with Crippen molar-refractivity contribution < 1.29 is 4.79 Å². The molecule has 0 heterocycles. The van der Waals surface area contributed by atoms with Gasteiger partial charge >= 0.3 is 0 Å². The maximum absolute atomic E-state index is 12.7. The molecule has 4 rings (SSSR count). The molecular weight excluding hydrogens is 412 g/mol. The highest BCUT2D eigenvalue weighted by molar-refractivity contribution is 5.84. The summed E-state index contributed by atoms with van der Waals surface area (Å²) >= 11 is 0. The molecule has 0 spiro atoms. The van der Waals surface area contributed by atoms with E-state index in [1.165, 1.54) is 59.9 Å². The van der Waals surface area contributed by atoms with Crippen LogP contribution < -0.4 is 0 Å². The zero-order valence-electron chi connectivity index (χ0n) is 21.3. The number of hydrogen-bond donors (Lipinski definition) is 0. The van der Waals surface area contributed by atoms with Gasteiger partial charge in [-0.3, -0.25) is 4.79 Å². The van der Waals surface area contributed by atoms with Crippen LogP contribution in [0, 0.1) is 5.92 Å². The first-order valence-electron chi connectivity index (χ1n) is 13.7. The van der Waals surface area contributed by atoms with E-state index in [0.29, 0.717) is 11.2 Å². The zero-order chi connectivity index (χ0) is 23.8. The third-order valence-electron chi connectivity index (χ3n) is 8.49. The minimum atomic E-state index is 0.358. The van der Waals surface area contributed by atoms with Crippen molar-refractivity contribution in [3.05, 3.63) is 89.0 Å². The van der Waals surface area contributed by atoms with Crippen LogP contribution in [0.3, 0.4) is 0 Å². The summed E-state index contributed by atoms with van der Waals surface area (Å²) in [4.78, 5) is 12.7. The molecule has 0 bridgehead atoms. The molecule has 1 heteroatoms. The maximum Gasteiger partial charge on any atom is 0.132 e. The van der Waals surface area contributed by atoms with E-state index in [2.05, 4.69) is 80.6 Å². The van der Waals surface area contributed by atoms with Crippen LogP contribution in [-0.2, 0) is 16.6 Å². The second-order valence-electron chi connectivity index (χ2n) is 10.5. The van der Waals surface area contributed by atoms with Crippen LogP contribution >= 0.6 is 0 Å². The number of ketones is 1. The summed E-state index contributed by atoms with van der Waals surface area (Å²) in [6, 6.07) is 19.9. The van der Waals surface area contributed by atoms with E-state index >= 15 is 0 Å². The Morgan fingerprint density at radius 3 is 2.41 bits per heavy atom. The summed E-state index contributed by atoms with van der Waals surface area (Å²) in [5.41, 5.74) is 7.54. The highest BCUT2D eigenvalue weighted by atomic mass is 16.1. The fourth-order valence-corrected chi connectivity index (χ4v) is 6.30. The Balaban J connectivity index is 1.21. The molecule has 0 N–H and O–H groups in total. The first kappa shape index (κ1) is 24.7. The fraction of sp³-hybridized carbons (Fsp3) is 0.485. The van der Waals surface area contributed by atoms with E-state index in [9.17, 15) is 4.79 Å². The zero-order valence-corrected chi connectivity index (χ0v) is 21.3. The molecule has 2 aromatic rings. The van der Waals surface area contributed by atoms with Gasteiger partial charge in [-0.2, -0.15) is 0 Å². The predicted molar refractivity (Wildman–Crippen MR) is 145 cm³/mol. The van der Waals surface area contributed by atoms with Gasteiger partial charge in [0.1, 0.15) is 5.78 Å². The van der Waals surface area contributed by atoms with Crippen molar-refractivity contribution in [1.29, 1.82) is 0 Å². The van der Waals surface area contributed by atoms with Gasteiger partial charge < -0.3 is 0 Å². The molecule has 2 aliphatic rings. The Kier molecular flexibility index (Phi) is 8.59. The number of benzene rings is 2. The minimum Gasteiger partial charge on any atom is -0.300 e. The smallest absolute Gasteiger partial charge is 0.132 e. The Hall–Kier alpha value is -2.41. The van der Waals surface area contributed by atoms with Crippen molar-refractivity contribution in [2.45, 2.75) is 96.3 Å². The van der Waals surface area contributed by atoms with Gasteiger partial charge in [-0.1, -0.05) is 80.6 Å². The molecule has 0 amide bonds. The first-order chi connectivity index (χ1) is 16.6. The van der Waals surface area contributed by atoms with Gasteiger partial charge in [-0.15, -0.1) is 0 Å². The SMILES string of the molecule is CC/C=C(\CCCC(=O)CCC1CCC(CC)(c2ccccc2)CC1)C1=CCc2ccccc21. The molecule has 1 fully saturated rings. The van der Waals surface area contributed by atoms with E-state index in [1.807, 2.05) is 0 Å². The molecule has 1 nitrogen and oxygen atoms in total. The first-order valence-corrected chi connectivity index (χ1v) is 13.7. The number of rotatable bonds is 11. The number of carbonyl (C=O) groups excluding carboxylic acids is 1. The second-order valence-corrected chi connectivity index (χ2v) is 10.5. The molecule has 0 unspecified atom stereocenters. The summed E-state index contributed by atoms with van der Waals surface area (Å²) in [7, 11) is 0. The molecule has 2 aliphatic carbocycles. The summed E-state index contributed by atoms with van der Waals surface area (Å²) in [6.07, 6.45) is 17.7. The fourth-order valence-electron chi connectivity index (χ4n) is 6.30. The van der Waals surface area contributed by atoms with Crippen LogP contribution in [0.25, 0.3) is 5.57 Å². The van der Waals surface area contributed by atoms with Gasteiger partial charge in [0.2, 0.25) is 0 Å². The number of Topliss-reactive ketones (excluding diaryl/α,β-unsaturated/α-hetero) is 1. The van der Waals surface area contributed by atoms with Crippen molar-refractivity contribution in [2.24, 2.45) is 5.92 Å². The van der Waals surface area contributed by atoms with Crippen LogP contribution in [0.5, 0.6) is 0 Å². The summed E-state index contributed by atoms with van der Waals surface area (Å²) in [5.74, 6) is 1.19. The molecule has 180 valence electrons. The lowest BCUT2D eigenvalue weighted by molar-refractivity contribution is -0.119. The molecule has 34 heavy (non-hydrogen) atoms. The van der Waals surface area contributed by atoms with E-state index in [4.69, 9.17) is 0 Å². The summed E-state index contributed by atoms with van der Waals surface area (Å²) in [6.45, 7) is 4.56. The minimum absolute atomic E-state index is 0.358. The molecule has 0 atom stereocenters. The number of fused-ring (bicyclic) bond motifs is 1. The molecule has 2 aromatic carbocycles. The van der Waals surface area contributed by atoms with Crippen molar-refractivity contribution >= 4 is 11.4 Å². The van der Waals surface area contributed by atoms with Gasteiger partial charge in [-0.25, -0.2) is 0 Å². The Morgan fingerprint density at radius 1 is 0.941 bits per heavy atom. The third-order valence-corrected chi connectivity index (χ3v) is 8.49. The average molecular weight is 455 g/mol. The van der Waals surface area contributed by atoms with Crippen molar-refractivity contribution in [3.8, 4) is 0 Å². The maximum atomic E-state index is 12.7. The van der Waals surface area contributed by atoms with Crippen LogP contribution in [0.2, 0.25) is 0 Å². The average Bonchev–Trinajstić information content (AvgIpc) is 3.32. The number of allylic oxidation sites excluding steroid dienone is 4. The van der Waals surface area contributed by atoms with E-state index in [1.54, 1.807) is 0 Å². The number of carbonyl (C=O) groups is 1. The van der Waals surface area contributed by atoms with E-state index in [-0.39, 0.29) is 0 Å². The highest BCUT2D eigenvalue weighted by Gasteiger charge is 2.35. The molecular formula is C33H42O. The summed E-state index contributed by atoms with van der Waals surface area (Å²) in [5, 5.41) is 0.